The highest BCUT2D eigenvalue weighted by Crippen LogP contribution is 2.37. The molecule has 1 saturated heterocycles. The van der Waals surface area contributed by atoms with Gasteiger partial charge in [0.2, 0.25) is 5.91 Å². The van der Waals surface area contributed by atoms with Crippen molar-refractivity contribution in [3.8, 4) is 11.5 Å². The van der Waals surface area contributed by atoms with Gasteiger partial charge in [0.25, 0.3) is 0 Å². The summed E-state index contributed by atoms with van der Waals surface area (Å²) in [4.78, 5) is 20.0. The fourth-order valence-corrected chi connectivity index (χ4v) is 5.14. The van der Waals surface area contributed by atoms with Crippen LogP contribution in [0.1, 0.15) is 42.6 Å². The van der Waals surface area contributed by atoms with Gasteiger partial charge in [0.1, 0.15) is 17.3 Å². The zero-order chi connectivity index (χ0) is 25.1. The van der Waals surface area contributed by atoms with E-state index in [2.05, 4.69) is 42.7 Å². The number of para-hydroxylation sites is 5. The lowest BCUT2D eigenvalue weighted by Gasteiger charge is -2.20. The second kappa shape index (κ2) is 10.4. The number of fused-ring (bicyclic) bond motifs is 1. The van der Waals surface area contributed by atoms with E-state index >= 15 is 0 Å². The Kier molecular flexibility index (Phi) is 6.94. The molecule has 1 aliphatic rings. The number of aryl methyl sites for hydroxylation is 3. The van der Waals surface area contributed by atoms with Crippen LogP contribution in [0, 0.1) is 13.8 Å². The minimum absolute atomic E-state index is 0.0131. The predicted molar refractivity (Wildman–Crippen MR) is 143 cm³/mol. The summed E-state index contributed by atoms with van der Waals surface area (Å²) < 4.78 is 14.2. The van der Waals surface area contributed by atoms with Crippen LogP contribution in [0.2, 0.25) is 0 Å². The fourth-order valence-electron chi connectivity index (χ4n) is 5.14. The van der Waals surface area contributed by atoms with E-state index in [-0.39, 0.29) is 11.8 Å². The Morgan fingerprint density at radius 1 is 0.944 bits per heavy atom. The van der Waals surface area contributed by atoms with Crippen LogP contribution in [-0.2, 0) is 11.3 Å². The van der Waals surface area contributed by atoms with Crippen molar-refractivity contribution in [2.75, 3.05) is 24.7 Å². The number of amides is 1. The van der Waals surface area contributed by atoms with Gasteiger partial charge in [0.15, 0.2) is 0 Å². The van der Waals surface area contributed by atoms with Crippen LogP contribution < -0.4 is 14.4 Å². The lowest BCUT2D eigenvalue weighted by atomic mass is 10.1. The third kappa shape index (κ3) is 4.68. The van der Waals surface area contributed by atoms with E-state index < -0.39 is 0 Å². The molecule has 6 nitrogen and oxygen atoms in total. The van der Waals surface area contributed by atoms with Crippen molar-refractivity contribution in [1.82, 2.24) is 9.55 Å². The summed E-state index contributed by atoms with van der Waals surface area (Å²) in [5.41, 5.74) is 5.20. The second-order valence-corrected chi connectivity index (χ2v) is 9.34. The topological polar surface area (TPSA) is 56.6 Å². The van der Waals surface area contributed by atoms with E-state index in [4.69, 9.17) is 14.5 Å². The van der Waals surface area contributed by atoms with Gasteiger partial charge in [0.05, 0.1) is 29.9 Å². The first-order valence-corrected chi connectivity index (χ1v) is 12.7. The first-order chi connectivity index (χ1) is 17.6. The van der Waals surface area contributed by atoms with E-state index in [1.165, 1.54) is 0 Å². The quantitative estimate of drug-likeness (QED) is 0.272. The van der Waals surface area contributed by atoms with Crippen molar-refractivity contribution in [3.63, 3.8) is 0 Å². The number of benzene rings is 3. The Labute approximate surface area is 212 Å². The molecule has 1 fully saturated rings. The number of carbonyl (C=O) groups is 1. The SMILES string of the molecule is CCOc1ccccc1N1C[C@H](c2nc3ccccc3n2CCCOc2c(C)cccc2C)CC1=O. The largest absolute Gasteiger partial charge is 0.493 e. The second-order valence-electron chi connectivity index (χ2n) is 9.34. The average Bonchev–Trinajstić information content (AvgIpc) is 3.44. The minimum Gasteiger partial charge on any atom is -0.493 e. The maximum atomic E-state index is 13.1. The molecule has 1 aliphatic heterocycles. The van der Waals surface area contributed by atoms with Gasteiger partial charge in [-0.25, -0.2) is 4.98 Å². The van der Waals surface area contributed by atoms with E-state index in [1.807, 2.05) is 54.3 Å². The molecule has 1 amide bonds. The monoisotopic (exact) mass is 483 g/mol. The van der Waals surface area contributed by atoms with Crippen LogP contribution in [0.15, 0.2) is 66.7 Å². The number of ether oxygens (including phenoxy) is 2. The standard InChI is InChI=1S/C30H33N3O3/c1-4-35-27-16-8-7-15-26(27)33-20-23(19-28(33)34)30-31-24-13-5-6-14-25(24)32(30)17-10-18-36-29-21(2)11-9-12-22(29)3/h5-9,11-16,23H,4,10,17-20H2,1-3H3/t23-/m1/s1. The van der Waals surface area contributed by atoms with E-state index in [9.17, 15) is 4.79 Å². The maximum absolute atomic E-state index is 13.1. The van der Waals surface area contributed by atoms with Gasteiger partial charge in [0, 0.05) is 25.4 Å². The highest BCUT2D eigenvalue weighted by atomic mass is 16.5. The lowest BCUT2D eigenvalue weighted by molar-refractivity contribution is -0.117. The Morgan fingerprint density at radius 3 is 2.50 bits per heavy atom. The molecule has 0 aliphatic carbocycles. The summed E-state index contributed by atoms with van der Waals surface area (Å²) in [7, 11) is 0. The molecule has 2 heterocycles. The number of rotatable bonds is 9. The molecule has 1 atom stereocenters. The molecule has 0 spiro atoms. The van der Waals surface area contributed by atoms with Crippen molar-refractivity contribution in [1.29, 1.82) is 0 Å². The summed E-state index contributed by atoms with van der Waals surface area (Å²) in [5, 5.41) is 0. The number of anilines is 1. The van der Waals surface area contributed by atoms with Crippen molar-refractivity contribution in [2.45, 2.75) is 46.1 Å². The summed E-state index contributed by atoms with van der Waals surface area (Å²) in [6.45, 7) is 8.66. The zero-order valence-corrected chi connectivity index (χ0v) is 21.2. The Balaban J connectivity index is 1.36. The van der Waals surface area contributed by atoms with Crippen LogP contribution in [0.25, 0.3) is 11.0 Å². The predicted octanol–water partition coefficient (Wildman–Crippen LogP) is 6.04. The molecule has 186 valence electrons. The first kappa shape index (κ1) is 23.9. The number of aromatic nitrogens is 2. The number of carbonyl (C=O) groups excluding carboxylic acids is 1. The number of hydrogen-bond donors (Lipinski definition) is 0. The molecule has 0 unspecified atom stereocenters. The number of nitrogens with zero attached hydrogens (tertiary/aromatic N) is 3. The third-order valence-corrected chi connectivity index (χ3v) is 6.81. The van der Waals surface area contributed by atoms with Gasteiger partial charge in [-0.1, -0.05) is 42.5 Å². The Bertz CT molecular complexity index is 1360. The lowest BCUT2D eigenvalue weighted by Crippen LogP contribution is -2.25. The summed E-state index contributed by atoms with van der Waals surface area (Å²) in [6, 6.07) is 22.2. The van der Waals surface area contributed by atoms with Crippen molar-refractivity contribution in [3.05, 3.63) is 83.7 Å². The summed E-state index contributed by atoms with van der Waals surface area (Å²) in [5.74, 6) is 2.79. The summed E-state index contributed by atoms with van der Waals surface area (Å²) >= 11 is 0. The molecule has 0 saturated carbocycles. The van der Waals surface area contributed by atoms with Crippen LogP contribution >= 0.6 is 0 Å². The normalized spacial score (nSPS) is 15.6. The molecule has 0 N–H and O–H groups in total. The van der Waals surface area contributed by atoms with Gasteiger partial charge < -0.3 is 18.9 Å². The molecular formula is C30H33N3O3. The van der Waals surface area contributed by atoms with Crippen LogP contribution in [0.5, 0.6) is 11.5 Å². The first-order valence-electron chi connectivity index (χ1n) is 12.7. The fraction of sp³-hybridized carbons (Fsp3) is 0.333. The van der Waals surface area contributed by atoms with Crippen LogP contribution in [0.4, 0.5) is 5.69 Å². The molecule has 3 aromatic carbocycles. The van der Waals surface area contributed by atoms with Gasteiger partial charge in [-0.2, -0.15) is 0 Å². The van der Waals surface area contributed by atoms with Gasteiger partial charge in [-0.05, 0) is 62.6 Å². The van der Waals surface area contributed by atoms with Gasteiger partial charge in [-0.15, -0.1) is 0 Å². The van der Waals surface area contributed by atoms with Crippen molar-refractivity contribution >= 4 is 22.6 Å². The maximum Gasteiger partial charge on any atom is 0.227 e. The molecule has 36 heavy (non-hydrogen) atoms. The summed E-state index contributed by atoms with van der Waals surface area (Å²) in [6.07, 6.45) is 1.28. The molecule has 0 radical (unpaired) electrons. The van der Waals surface area contributed by atoms with Crippen LogP contribution in [-0.4, -0.2) is 35.2 Å². The van der Waals surface area contributed by atoms with Crippen LogP contribution in [0.3, 0.4) is 0 Å². The average molecular weight is 484 g/mol. The Morgan fingerprint density at radius 2 is 1.69 bits per heavy atom. The van der Waals surface area contributed by atoms with Crippen molar-refractivity contribution in [2.24, 2.45) is 0 Å². The Hall–Kier alpha value is -3.80. The van der Waals surface area contributed by atoms with Gasteiger partial charge in [-0.3, -0.25) is 4.79 Å². The highest BCUT2D eigenvalue weighted by Gasteiger charge is 2.36. The molecule has 1 aromatic heterocycles. The zero-order valence-electron chi connectivity index (χ0n) is 21.2. The minimum atomic E-state index is 0.0131. The molecule has 5 rings (SSSR count). The molecule has 4 aromatic rings. The smallest absolute Gasteiger partial charge is 0.227 e. The van der Waals surface area contributed by atoms with Gasteiger partial charge >= 0.3 is 0 Å². The van der Waals surface area contributed by atoms with E-state index in [1.54, 1.807) is 0 Å². The van der Waals surface area contributed by atoms with E-state index in [0.717, 1.165) is 58.1 Å². The molecule has 6 heteroatoms. The number of imidazole rings is 1. The van der Waals surface area contributed by atoms with Crippen molar-refractivity contribution < 1.29 is 14.3 Å². The van der Waals surface area contributed by atoms with E-state index in [0.29, 0.717) is 26.2 Å². The highest BCUT2D eigenvalue weighted by molar-refractivity contribution is 5.97. The molecular weight excluding hydrogens is 450 g/mol. The third-order valence-electron chi connectivity index (χ3n) is 6.81. The number of hydrogen-bond acceptors (Lipinski definition) is 4. The molecule has 0 bridgehead atoms.